The minimum atomic E-state index is -0.380. The van der Waals surface area contributed by atoms with Crippen molar-refractivity contribution < 1.29 is 9.53 Å². The Morgan fingerprint density at radius 1 is 1.27 bits per heavy atom. The smallest absolute Gasteiger partial charge is 0.411 e. The van der Waals surface area contributed by atoms with Crippen LogP contribution in [0.2, 0.25) is 0 Å². The number of hydrogen-bond acceptors (Lipinski definition) is 2. The zero-order valence-electron chi connectivity index (χ0n) is 9.19. The average Bonchev–Trinajstić information content (AvgIpc) is 2.27. The third-order valence-electron chi connectivity index (χ3n) is 2.20. The summed E-state index contributed by atoms with van der Waals surface area (Å²) in [5.41, 5.74) is 0.758. The zero-order chi connectivity index (χ0) is 11.1. The van der Waals surface area contributed by atoms with Crippen LogP contribution < -0.4 is 5.32 Å². The summed E-state index contributed by atoms with van der Waals surface area (Å²) in [6.07, 6.45) is 1.32. The molecule has 0 atom stereocenters. The molecule has 3 heteroatoms. The minimum absolute atomic E-state index is 0.00807. The van der Waals surface area contributed by atoms with Crippen molar-refractivity contribution in [3.05, 3.63) is 30.3 Å². The molecular weight excluding hydrogens is 190 g/mol. The predicted molar refractivity (Wildman–Crippen MR) is 60.9 cm³/mol. The van der Waals surface area contributed by atoms with E-state index in [1.807, 2.05) is 44.2 Å². The molecule has 0 heterocycles. The van der Waals surface area contributed by atoms with Gasteiger partial charge in [-0.05, 0) is 25.0 Å². The summed E-state index contributed by atoms with van der Waals surface area (Å²) in [7, 11) is 0. The van der Waals surface area contributed by atoms with Crippen molar-refractivity contribution in [3.8, 4) is 0 Å². The Balaban J connectivity index is 2.43. The second-order valence-corrected chi connectivity index (χ2v) is 3.33. The highest BCUT2D eigenvalue weighted by atomic mass is 16.6. The second kappa shape index (κ2) is 6.06. The van der Waals surface area contributed by atoms with Gasteiger partial charge in [0.15, 0.2) is 0 Å². The zero-order valence-corrected chi connectivity index (χ0v) is 9.19. The number of nitrogens with one attached hydrogen (secondary N) is 1. The molecular formula is C12H17NO2. The lowest BCUT2D eigenvalue weighted by Gasteiger charge is -2.14. The Hall–Kier alpha value is -1.51. The highest BCUT2D eigenvalue weighted by Gasteiger charge is 2.09. The molecule has 0 aromatic heterocycles. The molecule has 1 amide bonds. The third-order valence-corrected chi connectivity index (χ3v) is 2.20. The van der Waals surface area contributed by atoms with Crippen molar-refractivity contribution in [1.82, 2.24) is 0 Å². The van der Waals surface area contributed by atoms with Crippen LogP contribution in [0.4, 0.5) is 10.5 Å². The summed E-state index contributed by atoms with van der Waals surface area (Å²) in [5, 5.41) is 2.68. The van der Waals surface area contributed by atoms with E-state index in [1.165, 1.54) is 0 Å². The number of hydrogen-bond donors (Lipinski definition) is 1. The van der Waals surface area contributed by atoms with Gasteiger partial charge in [0.25, 0.3) is 0 Å². The summed E-state index contributed by atoms with van der Waals surface area (Å²) >= 11 is 0. The van der Waals surface area contributed by atoms with Crippen LogP contribution >= 0.6 is 0 Å². The molecule has 15 heavy (non-hydrogen) atoms. The number of carbonyl (C=O) groups excluding carboxylic acids is 1. The summed E-state index contributed by atoms with van der Waals surface area (Å²) in [6.45, 7) is 4.01. The summed E-state index contributed by atoms with van der Waals surface area (Å²) in [6, 6.07) is 9.29. The summed E-state index contributed by atoms with van der Waals surface area (Å²) in [5.74, 6) is 0. The standard InChI is InChI=1S/C12H17NO2/c1-3-11(4-2)15-12(14)13-10-8-6-5-7-9-10/h5-9,11H,3-4H2,1-2H3,(H,13,14). The molecule has 0 aliphatic rings. The fourth-order valence-corrected chi connectivity index (χ4v) is 1.28. The molecule has 0 unspecified atom stereocenters. The van der Waals surface area contributed by atoms with E-state index in [4.69, 9.17) is 4.74 Å². The van der Waals surface area contributed by atoms with Crippen LogP contribution in [-0.4, -0.2) is 12.2 Å². The van der Waals surface area contributed by atoms with Crippen LogP contribution in [-0.2, 0) is 4.74 Å². The Labute approximate surface area is 90.4 Å². The SMILES string of the molecule is CCC(CC)OC(=O)Nc1ccccc1. The van der Waals surface area contributed by atoms with Gasteiger partial charge in [0.1, 0.15) is 6.10 Å². The third kappa shape index (κ3) is 4.02. The van der Waals surface area contributed by atoms with E-state index in [-0.39, 0.29) is 12.2 Å². The molecule has 0 saturated carbocycles. The van der Waals surface area contributed by atoms with Gasteiger partial charge in [-0.1, -0.05) is 32.0 Å². The van der Waals surface area contributed by atoms with Gasteiger partial charge in [0.05, 0.1) is 0 Å². The summed E-state index contributed by atoms with van der Waals surface area (Å²) < 4.78 is 5.20. The van der Waals surface area contributed by atoms with Crippen LogP contribution in [0.25, 0.3) is 0 Å². The van der Waals surface area contributed by atoms with Gasteiger partial charge >= 0.3 is 6.09 Å². The highest BCUT2D eigenvalue weighted by Crippen LogP contribution is 2.08. The van der Waals surface area contributed by atoms with Crippen molar-refractivity contribution >= 4 is 11.8 Å². The normalized spacial score (nSPS) is 10.1. The predicted octanol–water partition coefficient (Wildman–Crippen LogP) is 3.42. The first-order chi connectivity index (χ1) is 7.26. The monoisotopic (exact) mass is 207 g/mol. The molecule has 1 rings (SSSR count). The largest absolute Gasteiger partial charge is 0.446 e. The molecule has 0 fully saturated rings. The molecule has 1 N–H and O–H groups in total. The molecule has 0 saturated heterocycles. The number of anilines is 1. The van der Waals surface area contributed by atoms with E-state index in [0.717, 1.165) is 18.5 Å². The van der Waals surface area contributed by atoms with Crippen LogP contribution in [0, 0.1) is 0 Å². The number of amides is 1. The molecule has 0 bridgehead atoms. The van der Waals surface area contributed by atoms with E-state index >= 15 is 0 Å². The fraction of sp³-hybridized carbons (Fsp3) is 0.417. The topological polar surface area (TPSA) is 38.3 Å². The first kappa shape index (κ1) is 11.6. The van der Waals surface area contributed by atoms with Crippen LogP contribution in [0.3, 0.4) is 0 Å². The highest BCUT2D eigenvalue weighted by molar-refractivity contribution is 5.84. The Morgan fingerprint density at radius 3 is 2.40 bits per heavy atom. The number of ether oxygens (including phenoxy) is 1. The lowest BCUT2D eigenvalue weighted by molar-refractivity contribution is 0.106. The van der Waals surface area contributed by atoms with Crippen molar-refractivity contribution in [3.63, 3.8) is 0 Å². The Bertz CT molecular complexity index is 294. The van der Waals surface area contributed by atoms with Gasteiger partial charge in [-0.3, -0.25) is 5.32 Å². The second-order valence-electron chi connectivity index (χ2n) is 3.33. The molecule has 1 aromatic rings. The van der Waals surface area contributed by atoms with Crippen LogP contribution in [0.1, 0.15) is 26.7 Å². The number of benzene rings is 1. The summed E-state index contributed by atoms with van der Waals surface area (Å²) in [4.78, 5) is 11.4. The van der Waals surface area contributed by atoms with Crippen molar-refractivity contribution in [1.29, 1.82) is 0 Å². The van der Waals surface area contributed by atoms with Crippen molar-refractivity contribution in [2.24, 2.45) is 0 Å². The average molecular weight is 207 g/mol. The van der Waals surface area contributed by atoms with E-state index < -0.39 is 0 Å². The minimum Gasteiger partial charge on any atom is -0.446 e. The van der Waals surface area contributed by atoms with Crippen molar-refractivity contribution in [2.45, 2.75) is 32.8 Å². The van der Waals surface area contributed by atoms with Gasteiger partial charge in [-0.25, -0.2) is 4.79 Å². The molecule has 3 nitrogen and oxygen atoms in total. The van der Waals surface area contributed by atoms with Gasteiger partial charge in [-0.15, -0.1) is 0 Å². The number of para-hydroxylation sites is 1. The number of rotatable bonds is 4. The first-order valence-electron chi connectivity index (χ1n) is 5.29. The molecule has 82 valence electrons. The van der Waals surface area contributed by atoms with Crippen LogP contribution in [0.15, 0.2) is 30.3 Å². The van der Waals surface area contributed by atoms with Gasteiger partial charge in [0.2, 0.25) is 0 Å². The lowest BCUT2D eigenvalue weighted by atomic mass is 10.2. The maximum Gasteiger partial charge on any atom is 0.411 e. The van der Waals surface area contributed by atoms with E-state index in [9.17, 15) is 4.79 Å². The quantitative estimate of drug-likeness (QED) is 0.821. The molecule has 0 aliphatic carbocycles. The fourth-order valence-electron chi connectivity index (χ4n) is 1.28. The van der Waals surface area contributed by atoms with Gasteiger partial charge < -0.3 is 4.74 Å². The maximum absolute atomic E-state index is 11.4. The lowest BCUT2D eigenvalue weighted by Crippen LogP contribution is -2.21. The van der Waals surface area contributed by atoms with E-state index in [1.54, 1.807) is 0 Å². The molecule has 0 radical (unpaired) electrons. The van der Waals surface area contributed by atoms with Crippen molar-refractivity contribution in [2.75, 3.05) is 5.32 Å². The molecule has 1 aromatic carbocycles. The number of carbonyl (C=O) groups is 1. The Morgan fingerprint density at radius 2 is 1.87 bits per heavy atom. The van der Waals surface area contributed by atoms with Crippen LogP contribution in [0.5, 0.6) is 0 Å². The molecule has 0 aliphatic heterocycles. The maximum atomic E-state index is 11.4. The molecule has 0 spiro atoms. The van der Waals surface area contributed by atoms with Gasteiger partial charge in [-0.2, -0.15) is 0 Å². The first-order valence-corrected chi connectivity index (χ1v) is 5.29. The Kier molecular flexibility index (Phi) is 4.68. The van der Waals surface area contributed by atoms with E-state index in [2.05, 4.69) is 5.32 Å². The van der Waals surface area contributed by atoms with E-state index in [0.29, 0.717) is 0 Å². The van der Waals surface area contributed by atoms with Gasteiger partial charge in [0, 0.05) is 5.69 Å².